The van der Waals surface area contributed by atoms with Crippen LogP contribution < -0.4 is 0 Å². The van der Waals surface area contributed by atoms with Crippen molar-refractivity contribution in [3.05, 3.63) is 48.2 Å². The number of methoxy groups -OCH3 is 1. The lowest BCUT2D eigenvalue weighted by atomic mass is 9.93. The Balaban J connectivity index is 5.38. The molecule has 0 radical (unpaired) electrons. The first-order chi connectivity index (χ1) is 16.0. The highest BCUT2D eigenvalue weighted by molar-refractivity contribution is 5.89. The van der Waals surface area contributed by atoms with Gasteiger partial charge in [-0.15, -0.1) is 0 Å². The summed E-state index contributed by atoms with van der Waals surface area (Å²) in [6.45, 7) is 20.1. The molecule has 0 aliphatic heterocycles. The van der Waals surface area contributed by atoms with E-state index in [2.05, 4.69) is 27.4 Å². The first-order valence-electron chi connectivity index (χ1n) is 12.2. The molecule has 0 fully saturated rings. The Morgan fingerprint density at radius 1 is 0.971 bits per heavy atom. The van der Waals surface area contributed by atoms with Gasteiger partial charge in [-0.1, -0.05) is 64.2 Å². The number of amides is 1. The van der Waals surface area contributed by atoms with E-state index in [4.69, 9.17) is 14.2 Å². The molecule has 2 unspecified atom stereocenters. The number of nitrogens with zero attached hydrogens (tertiary/aromatic N) is 1. The summed E-state index contributed by atoms with van der Waals surface area (Å²) in [7, 11) is 1.64. The highest BCUT2D eigenvalue weighted by Crippen LogP contribution is 2.26. The molecule has 0 aromatic heterocycles. The molecule has 0 saturated carbocycles. The maximum Gasteiger partial charge on any atom is 0.250 e. The van der Waals surface area contributed by atoms with Gasteiger partial charge < -0.3 is 19.1 Å². The van der Waals surface area contributed by atoms with Gasteiger partial charge in [0, 0.05) is 31.3 Å². The highest BCUT2D eigenvalue weighted by atomic mass is 16.5. The molecule has 1 amide bonds. The monoisotopic (exact) mass is 477 g/mol. The summed E-state index contributed by atoms with van der Waals surface area (Å²) in [4.78, 5) is 27.0. The molecule has 0 saturated heterocycles. The molecule has 0 rings (SSSR count). The van der Waals surface area contributed by atoms with Crippen molar-refractivity contribution >= 4 is 11.7 Å². The lowest BCUT2D eigenvalue weighted by Gasteiger charge is -2.31. The normalized spacial score (nSPS) is 14.4. The molecule has 0 aliphatic carbocycles. The fourth-order valence-electron chi connectivity index (χ4n) is 3.21. The molecule has 0 N–H and O–H groups in total. The quantitative estimate of drug-likeness (QED) is 0.151. The molecule has 0 spiro atoms. The molecule has 0 bridgehead atoms. The van der Waals surface area contributed by atoms with Crippen molar-refractivity contribution in [2.75, 3.05) is 40.1 Å². The van der Waals surface area contributed by atoms with E-state index in [0.717, 1.165) is 11.3 Å². The first-order valence-corrected chi connectivity index (χ1v) is 12.2. The number of Topliss-reactive ketones (excluding diaryl/α,β-unsaturated/α-hetero) is 1. The van der Waals surface area contributed by atoms with Gasteiger partial charge in [0.05, 0.1) is 32.5 Å². The Labute approximate surface area is 207 Å². The number of ketones is 1. The van der Waals surface area contributed by atoms with Gasteiger partial charge in [0.1, 0.15) is 5.78 Å². The van der Waals surface area contributed by atoms with Gasteiger partial charge in [0.2, 0.25) is 5.91 Å². The topological polar surface area (TPSA) is 65.1 Å². The van der Waals surface area contributed by atoms with Crippen molar-refractivity contribution in [3.8, 4) is 0 Å². The van der Waals surface area contributed by atoms with Gasteiger partial charge in [0.15, 0.2) is 0 Å². The summed E-state index contributed by atoms with van der Waals surface area (Å²) in [5, 5.41) is 0. The number of allylic oxidation sites excluding steroid dienone is 2. The molecule has 0 heterocycles. The van der Waals surface area contributed by atoms with Crippen molar-refractivity contribution in [2.45, 2.75) is 61.0 Å². The van der Waals surface area contributed by atoms with E-state index < -0.39 is 0 Å². The number of carbonyl (C=O) groups is 2. The molecule has 6 heteroatoms. The molecule has 0 aromatic rings. The van der Waals surface area contributed by atoms with Crippen LogP contribution in [0.15, 0.2) is 48.2 Å². The van der Waals surface area contributed by atoms with Crippen LogP contribution in [-0.2, 0) is 23.8 Å². The van der Waals surface area contributed by atoms with Crippen molar-refractivity contribution < 1.29 is 23.8 Å². The zero-order chi connectivity index (χ0) is 26.1. The number of hydrogen-bond acceptors (Lipinski definition) is 5. The largest absolute Gasteiger partial charge is 0.380 e. The fourth-order valence-corrected chi connectivity index (χ4v) is 3.21. The van der Waals surface area contributed by atoms with E-state index in [1.165, 1.54) is 0 Å². The van der Waals surface area contributed by atoms with Crippen molar-refractivity contribution in [2.24, 2.45) is 17.8 Å². The van der Waals surface area contributed by atoms with Crippen molar-refractivity contribution in [1.82, 2.24) is 4.90 Å². The number of carbonyl (C=O) groups excluding carboxylic acids is 2. The van der Waals surface area contributed by atoms with Crippen LogP contribution in [0.4, 0.5) is 0 Å². The van der Waals surface area contributed by atoms with E-state index in [0.29, 0.717) is 39.4 Å². The van der Waals surface area contributed by atoms with E-state index in [1.54, 1.807) is 31.1 Å². The number of hydrogen-bond donors (Lipinski definition) is 0. The predicted molar refractivity (Wildman–Crippen MR) is 139 cm³/mol. The van der Waals surface area contributed by atoms with Crippen molar-refractivity contribution in [3.63, 3.8) is 0 Å². The maximum atomic E-state index is 13.2. The summed E-state index contributed by atoms with van der Waals surface area (Å²) in [6, 6.07) is 0. The molecule has 0 aliphatic rings. The van der Waals surface area contributed by atoms with Crippen LogP contribution in [0.2, 0.25) is 0 Å². The summed E-state index contributed by atoms with van der Waals surface area (Å²) >= 11 is 0. The average molecular weight is 478 g/mol. The zero-order valence-electron chi connectivity index (χ0n) is 22.6. The molecule has 34 heavy (non-hydrogen) atoms. The SMILES string of the molecule is C=C(COC)CC(C)/C(=C\C(C)C(C)=O)N(CC(C)C)C(=O)C=CCOCC=CCOC(C)C. The van der Waals surface area contributed by atoms with Crippen LogP contribution in [0.5, 0.6) is 0 Å². The number of rotatable bonds is 18. The average Bonchev–Trinajstić information content (AvgIpc) is 2.74. The van der Waals surface area contributed by atoms with Gasteiger partial charge in [-0.05, 0) is 39.0 Å². The van der Waals surface area contributed by atoms with E-state index in [9.17, 15) is 9.59 Å². The lowest BCUT2D eigenvalue weighted by Crippen LogP contribution is -2.35. The molecular formula is C28H47NO5. The lowest BCUT2D eigenvalue weighted by molar-refractivity contribution is -0.125. The third-order valence-corrected chi connectivity index (χ3v) is 5.02. The summed E-state index contributed by atoms with van der Waals surface area (Å²) in [6.07, 6.45) is 9.90. The molecule has 6 nitrogen and oxygen atoms in total. The van der Waals surface area contributed by atoms with Crippen molar-refractivity contribution in [1.29, 1.82) is 0 Å². The third kappa shape index (κ3) is 15.0. The number of ether oxygens (including phenoxy) is 3. The van der Waals surface area contributed by atoms with Crippen LogP contribution in [0, 0.1) is 17.8 Å². The smallest absolute Gasteiger partial charge is 0.250 e. The van der Waals surface area contributed by atoms with Gasteiger partial charge in [-0.25, -0.2) is 0 Å². The minimum atomic E-state index is -0.283. The van der Waals surface area contributed by atoms with Gasteiger partial charge >= 0.3 is 0 Å². The Morgan fingerprint density at radius 3 is 2.15 bits per heavy atom. The second kappa shape index (κ2) is 18.3. The summed E-state index contributed by atoms with van der Waals surface area (Å²) in [5.41, 5.74) is 1.79. The minimum absolute atomic E-state index is 0.00925. The predicted octanol–water partition coefficient (Wildman–Crippen LogP) is 5.36. The van der Waals surface area contributed by atoms with E-state index in [1.807, 2.05) is 39.0 Å². The maximum absolute atomic E-state index is 13.2. The second-order valence-electron chi connectivity index (χ2n) is 9.42. The van der Waals surface area contributed by atoms with Crippen LogP contribution in [0.1, 0.15) is 54.9 Å². The standard InChI is InChI=1S/C28H47NO5/c1-21(2)19-29(28(31)13-12-15-33-14-10-11-16-34-22(3)4)27(18-24(6)26(8)30)25(7)17-23(5)20-32-9/h10-13,18,21-22,24-25H,5,14-17,19-20H2,1-4,6-9H3/b11-10?,13-12?,27-18+. The Hall–Kier alpha value is -2.02. The van der Waals surface area contributed by atoms with Crippen LogP contribution in [0.3, 0.4) is 0 Å². The Bertz CT molecular complexity index is 706. The van der Waals surface area contributed by atoms with Crippen LogP contribution in [0.25, 0.3) is 0 Å². The Morgan fingerprint density at radius 2 is 1.59 bits per heavy atom. The summed E-state index contributed by atoms with van der Waals surface area (Å²) in [5.74, 6) is -0.0703. The van der Waals surface area contributed by atoms with Crippen LogP contribution >= 0.6 is 0 Å². The zero-order valence-corrected chi connectivity index (χ0v) is 22.6. The van der Waals surface area contributed by atoms with Gasteiger partial charge in [-0.2, -0.15) is 0 Å². The summed E-state index contributed by atoms with van der Waals surface area (Å²) < 4.78 is 16.2. The van der Waals surface area contributed by atoms with E-state index >= 15 is 0 Å². The van der Waals surface area contributed by atoms with Crippen LogP contribution in [-0.4, -0.2) is 62.8 Å². The molecule has 2 atom stereocenters. The molecular weight excluding hydrogens is 430 g/mol. The second-order valence-corrected chi connectivity index (χ2v) is 9.42. The molecule has 0 aromatic carbocycles. The van der Waals surface area contributed by atoms with E-state index in [-0.39, 0.29) is 35.5 Å². The minimum Gasteiger partial charge on any atom is -0.380 e. The van der Waals surface area contributed by atoms with Gasteiger partial charge in [0.25, 0.3) is 0 Å². The van der Waals surface area contributed by atoms with Gasteiger partial charge in [-0.3, -0.25) is 9.59 Å². The Kier molecular flexibility index (Phi) is 17.2. The highest BCUT2D eigenvalue weighted by Gasteiger charge is 2.24. The molecule has 194 valence electrons. The fraction of sp³-hybridized carbons (Fsp3) is 0.643. The first kappa shape index (κ1) is 32.0. The third-order valence-electron chi connectivity index (χ3n) is 5.02.